The molecule has 0 spiro atoms. The highest BCUT2D eigenvalue weighted by Crippen LogP contribution is 2.27. The van der Waals surface area contributed by atoms with Crippen LogP contribution in [-0.4, -0.2) is 52.2 Å². The molecule has 4 rings (SSSR count). The molecule has 2 heterocycles. The van der Waals surface area contributed by atoms with Crippen LogP contribution in [0.25, 0.3) is 17.0 Å². The van der Waals surface area contributed by atoms with Gasteiger partial charge in [0.15, 0.2) is 23.0 Å². The highest BCUT2D eigenvalue weighted by molar-refractivity contribution is 7.99. The normalized spacial score (nSPS) is 10.8. The summed E-state index contributed by atoms with van der Waals surface area (Å²) < 4.78 is 12.3. The zero-order chi connectivity index (χ0) is 22.3. The number of benzene rings is 2. The van der Waals surface area contributed by atoms with Crippen LogP contribution < -0.4 is 14.8 Å². The van der Waals surface area contributed by atoms with Crippen LogP contribution in [0, 0.1) is 0 Å². The predicted molar refractivity (Wildman–Crippen MR) is 123 cm³/mol. The second-order valence-corrected chi connectivity index (χ2v) is 7.90. The van der Waals surface area contributed by atoms with Gasteiger partial charge in [-0.15, -0.1) is 10.2 Å². The summed E-state index contributed by atoms with van der Waals surface area (Å²) in [6.07, 6.45) is 0.697. The first-order valence-corrected chi connectivity index (χ1v) is 11.0. The van der Waals surface area contributed by atoms with Crippen molar-refractivity contribution in [2.24, 2.45) is 0 Å². The van der Waals surface area contributed by atoms with E-state index >= 15 is 0 Å². The number of thioether (sulfide) groups is 1. The third-order valence-electron chi connectivity index (χ3n) is 4.81. The van der Waals surface area contributed by atoms with Gasteiger partial charge in [0.2, 0.25) is 5.91 Å². The smallest absolute Gasteiger partial charge is 0.230 e. The van der Waals surface area contributed by atoms with Crippen LogP contribution in [0.5, 0.6) is 11.5 Å². The van der Waals surface area contributed by atoms with E-state index in [0.717, 1.165) is 16.2 Å². The van der Waals surface area contributed by atoms with Crippen molar-refractivity contribution in [2.75, 3.05) is 26.5 Å². The van der Waals surface area contributed by atoms with Crippen LogP contribution in [0.3, 0.4) is 0 Å². The monoisotopic (exact) mass is 449 g/mol. The Morgan fingerprint density at radius 1 is 1.00 bits per heavy atom. The van der Waals surface area contributed by atoms with E-state index < -0.39 is 0 Å². The number of amides is 1. The van der Waals surface area contributed by atoms with E-state index in [0.29, 0.717) is 35.9 Å². The minimum atomic E-state index is -0.0515. The molecular weight excluding hydrogens is 426 g/mol. The molecule has 2 aromatic heterocycles. The van der Waals surface area contributed by atoms with E-state index in [1.54, 1.807) is 18.7 Å². The number of rotatable bonds is 9. The number of ether oxygens (including phenoxy) is 2. The lowest BCUT2D eigenvalue weighted by molar-refractivity contribution is -0.118. The average molecular weight is 450 g/mol. The molecule has 2 aromatic carbocycles. The lowest BCUT2D eigenvalue weighted by Gasteiger charge is -2.10. The number of nitrogens with one attached hydrogen (secondary N) is 1. The molecule has 8 nitrogen and oxygen atoms in total. The molecule has 1 N–H and O–H groups in total. The van der Waals surface area contributed by atoms with Crippen LogP contribution in [0.1, 0.15) is 5.56 Å². The molecule has 4 aromatic rings. The molecule has 0 aliphatic heterocycles. The maximum absolute atomic E-state index is 12.3. The first-order chi connectivity index (χ1) is 15.7. The fraction of sp³-hybridized carbons (Fsp3) is 0.217. The molecule has 1 amide bonds. The molecule has 32 heavy (non-hydrogen) atoms. The first kappa shape index (κ1) is 21.6. The fourth-order valence-corrected chi connectivity index (χ4v) is 3.87. The lowest BCUT2D eigenvalue weighted by atomic mass is 10.1. The molecule has 0 radical (unpaired) electrons. The van der Waals surface area contributed by atoms with E-state index in [1.807, 2.05) is 60.7 Å². The van der Waals surface area contributed by atoms with Gasteiger partial charge in [-0.05, 0) is 36.2 Å². The lowest BCUT2D eigenvalue weighted by Crippen LogP contribution is -2.27. The van der Waals surface area contributed by atoms with Gasteiger partial charge in [-0.3, -0.25) is 4.79 Å². The van der Waals surface area contributed by atoms with Gasteiger partial charge in [0.1, 0.15) is 5.03 Å². The molecule has 0 saturated carbocycles. The van der Waals surface area contributed by atoms with Crippen molar-refractivity contribution in [3.05, 3.63) is 66.2 Å². The van der Waals surface area contributed by atoms with Gasteiger partial charge in [-0.25, -0.2) is 0 Å². The zero-order valence-corrected chi connectivity index (χ0v) is 18.6. The number of carbonyl (C=O) groups is 1. The van der Waals surface area contributed by atoms with Gasteiger partial charge in [0, 0.05) is 12.1 Å². The Kier molecular flexibility index (Phi) is 6.86. The Balaban J connectivity index is 1.32. The average Bonchev–Trinajstić information content (AvgIpc) is 3.26. The van der Waals surface area contributed by atoms with Crippen molar-refractivity contribution in [3.63, 3.8) is 0 Å². The molecule has 0 aliphatic rings. The van der Waals surface area contributed by atoms with E-state index in [9.17, 15) is 4.79 Å². The van der Waals surface area contributed by atoms with Crippen molar-refractivity contribution < 1.29 is 14.3 Å². The molecule has 9 heteroatoms. The second kappa shape index (κ2) is 10.1. The van der Waals surface area contributed by atoms with Gasteiger partial charge < -0.3 is 14.8 Å². The van der Waals surface area contributed by atoms with Crippen molar-refractivity contribution >= 4 is 23.3 Å². The minimum Gasteiger partial charge on any atom is -0.493 e. The number of methoxy groups -OCH3 is 2. The quantitative estimate of drug-likeness (QED) is 0.392. The van der Waals surface area contributed by atoms with Gasteiger partial charge in [-0.2, -0.15) is 9.61 Å². The van der Waals surface area contributed by atoms with E-state index in [-0.39, 0.29) is 11.7 Å². The molecule has 0 bridgehead atoms. The Labute approximate surface area is 190 Å². The van der Waals surface area contributed by atoms with Crippen LogP contribution in [-0.2, 0) is 11.2 Å². The van der Waals surface area contributed by atoms with Crippen LogP contribution >= 0.6 is 11.8 Å². The van der Waals surface area contributed by atoms with Crippen molar-refractivity contribution in [3.8, 4) is 22.9 Å². The van der Waals surface area contributed by atoms with Gasteiger partial charge >= 0.3 is 0 Å². The number of hydrogen-bond donors (Lipinski definition) is 1. The summed E-state index contributed by atoms with van der Waals surface area (Å²) in [6.45, 7) is 0.533. The van der Waals surface area contributed by atoms with E-state index in [4.69, 9.17) is 9.47 Å². The van der Waals surface area contributed by atoms with Gasteiger partial charge in [-0.1, -0.05) is 48.2 Å². The van der Waals surface area contributed by atoms with Crippen LogP contribution in [0.2, 0.25) is 0 Å². The minimum absolute atomic E-state index is 0.0515. The SMILES string of the molecule is COc1ccc(CCNC(=O)CSc2ccc3nnc(-c4ccccc4)n3n2)cc1OC. The van der Waals surface area contributed by atoms with Crippen molar-refractivity contribution in [1.82, 2.24) is 25.1 Å². The van der Waals surface area contributed by atoms with E-state index in [1.165, 1.54) is 11.8 Å². The van der Waals surface area contributed by atoms with Crippen molar-refractivity contribution in [2.45, 2.75) is 11.4 Å². The Hall–Kier alpha value is -3.59. The second-order valence-electron chi connectivity index (χ2n) is 6.91. The highest BCUT2D eigenvalue weighted by atomic mass is 32.2. The number of nitrogens with zero attached hydrogens (tertiary/aromatic N) is 4. The molecule has 0 aliphatic carbocycles. The predicted octanol–water partition coefficient (Wildman–Crippen LogP) is 3.26. The molecule has 0 fully saturated rings. The zero-order valence-electron chi connectivity index (χ0n) is 17.8. The summed E-state index contributed by atoms with van der Waals surface area (Å²) >= 11 is 1.37. The number of carbonyl (C=O) groups excluding carboxylic acids is 1. The maximum Gasteiger partial charge on any atom is 0.230 e. The molecule has 0 saturated heterocycles. The summed E-state index contributed by atoms with van der Waals surface area (Å²) in [5.74, 6) is 2.25. The summed E-state index contributed by atoms with van der Waals surface area (Å²) in [5.41, 5.74) is 2.65. The topological polar surface area (TPSA) is 90.6 Å². The maximum atomic E-state index is 12.3. The van der Waals surface area contributed by atoms with Crippen LogP contribution in [0.4, 0.5) is 0 Å². The summed E-state index contributed by atoms with van der Waals surface area (Å²) in [7, 11) is 3.21. The Morgan fingerprint density at radius 2 is 1.81 bits per heavy atom. The standard InChI is InChI=1S/C23H23N5O3S/c1-30-18-9-8-16(14-19(18)31-2)12-13-24-21(29)15-32-22-11-10-20-25-26-23(28(20)27-22)17-6-4-3-5-7-17/h3-11,14H,12-13,15H2,1-2H3,(H,24,29). The van der Waals surface area contributed by atoms with Crippen molar-refractivity contribution in [1.29, 1.82) is 0 Å². The Morgan fingerprint density at radius 3 is 2.59 bits per heavy atom. The number of hydrogen-bond acceptors (Lipinski definition) is 7. The molecule has 0 unspecified atom stereocenters. The number of fused-ring (bicyclic) bond motifs is 1. The third-order valence-corrected chi connectivity index (χ3v) is 5.73. The Bertz CT molecular complexity index is 1210. The third kappa shape index (κ3) is 5.00. The van der Waals surface area contributed by atoms with Gasteiger partial charge in [0.25, 0.3) is 0 Å². The summed E-state index contributed by atoms with van der Waals surface area (Å²) in [6, 6.07) is 19.2. The first-order valence-electron chi connectivity index (χ1n) is 10.1. The fourth-order valence-electron chi connectivity index (χ4n) is 3.19. The van der Waals surface area contributed by atoms with Crippen LogP contribution in [0.15, 0.2) is 65.7 Å². The number of aromatic nitrogens is 4. The molecular formula is C23H23N5O3S. The molecule has 0 atom stereocenters. The largest absolute Gasteiger partial charge is 0.493 e. The van der Waals surface area contributed by atoms with Gasteiger partial charge in [0.05, 0.1) is 20.0 Å². The highest BCUT2D eigenvalue weighted by Gasteiger charge is 2.11. The van der Waals surface area contributed by atoms with E-state index in [2.05, 4.69) is 20.6 Å². The summed E-state index contributed by atoms with van der Waals surface area (Å²) in [5, 5.41) is 16.7. The molecule has 164 valence electrons. The summed E-state index contributed by atoms with van der Waals surface area (Å²) in [4.78, 5) is 12.3.